The zero-order valence-corrected chi connectivity index (χ0v) is 11.1. The van der Waals surface area contributed by atoms with Gasteiger partial charge in [-0.3, -0.25) is 10.1 Å². The van der Waals surface area contributed by atoms with E-state index in [1.165, 1.54) is 0 Å². The summed E-state index contributed by atoms with van der Waals surface area (Å²) in [7, 11) is 0. The van der Waals surface area contributed by atoms with Crippen molar-refractivity contribution in [1.82, 2.24) is 0 Å². The number of aliphatic hydroxyl groups excluding tert-OH is 1. The van der Waals surface area contributed by atoms with Gasteiger partial charge in [0, 0.05) is 23.9 Å². The van der Waals surface area contributed by atoms with Crippen molar-refractivity contribution in [3.05, 3.63) is 33.9 Å². The summed E-state index contributed by atoms with van der Waals surface area (Å²) in [5.74, 6) is 0.545. The number of hydrogen-bond acceptors (Lipinski definition) is 4. The summed E-state index contributed by atoms with van der Waals surface area (Å²) in [5.41, 5.74) is 1.63. The van der Waals surface area contributed by atoms with Crippen molar-refractivity contribution in [3.8, 4) is 0 Å². The van der Waals surface area contributed by atoms with Crippen LogP contribution in [-0.2, 0) is 0 Å². The Morgan fingerprint density at radius 3 is 2.68 bits per heavy atom. The highest BCUT2D eigenvalue weighted by Crippen LogP contribution is 2.26. The fourth-order valence-electron chi connectivity index (χ4n) is 2.53. The van der Waals surface area contributed by atoms with E-state index in [-0.39, 0.29) is 16.7 Å². The molecule has 2 N–H and O–H groups in total. The minimum atomic E-state index is -0.350. The average Bonchev–Trinajstić information content (AvgIpc) is 2.39. The van der Waals surface area contributed by atoms with Gasteiger partial charge in [0.2, 0.25) is 0 Å². The van der Waals surface area contributed by atoms with E-state index in [4.69, 9.17) is 0 Å². The lowest BCUT2D eigenvalue weighted by atomic mass is 9.87. The molecule has 0 heterocycles. The summed E-state index contributed by atoms with van der Waals surface area (Å²) in [5, 5.41) is 23.6. The monoisotopic (exact) mass is 264 g/mol. The molecule has 1 aromatic rings. The number of nitro benzene ring substituents is 1. The third kappa shape index (κ3) is 3.67. The summed E-state index contributed by atoms with van der Waals surface area (Å²) < 4.78 is 0. The zero-order valence-electron chi connectivity index (χ0n) is 11.1. The van der Waals surface area contributed by atoms with Crippen molar-refractivity contribution in [2.75, 3.05) is 11.9 Å². The molecule has 0 saturated heterocycles. The minimum Gasteiger partial charge on any atom is -0.393 e. The van der Waals surface area contributed by atoms with Crippen molar-refractivity contribution >= 4 is 11.4 Å². The number of nitrogens with zero attached hydrogens (tertiary/aromatic N) is 1. The zero-order chi connectivity index (χ0) is 13.8. The number of rotatable bonds is 4. The normalized spacial score (nSPS) is 23.1. The largest absolute Gasteiger partial charge is 0.393 e. The van der Waals surface area contributed by atoms with Gasteiger partial charge in [-0.2, -0.15) is 0 Å². The summed E-state index contributed by atoms with van der Waals surface area (Å²) >= 11 is 0. The van der Waals surface area contributed by atoms with Crippen LogP contribution in [-0.4, -0.2) is 22.7 Å². The summed E-state index contributed by atoms with van der Waals surface area (Å²) in [6.45, 7) is 2.55. The second-order valence-corrected chi connectivity index (χ2v) is 5.31. The van der Waals surface area contributed by atoms with Gasteiger partial charge in [-0.1, -0.05) is 6.07 Å². The molecule has 0 spiro atoms. The van der Waals surface area contributed by atoms with Crippen LogP contribution in [0.3, 0.4) is 0 Å². The summed E-state index contributed by atoms with van der Waals surface area (Å²) in [6, 6.07) is 5.23. The van der Waals surface area contributed by atoms with Gasteiger partial charge in [0.1, 0.15) is 0 Å². The van der Waals surface area contributed by atoms with Crippen molar-refractivity contribution in [1.29, 1.82) is 0 Å². The molecule has 0 bridgehead atoms. The minimum absolute atomic E-state index is 0.142. The molecule has 5 nitrogen and oxygen atoms in total. The topological polar surface area (TPSA) is 75.4 Å². The van der Waals surface area contributed by atoms with Gasteiger partial charge < -0.3 is 10.4 Å². The molecule has 0 aliphatic heterocycles. The predicted octanol–water partition coefficient (Wildman–Crippen LogP) is 2.87. The third-order valence-corrected chi connectivity index (χ3v) is 3.82. The average molecular weight is 264 g/mol. The predicted molar refractivity (Wildman–Crippen MR) is 74.3 cm³/mol. The Balaban J connectivity index is 1.92. The van der Waals surface area contributed by atoms with E-state index in [1.807, 2.05) is 6.07 Å². The molecule has 104 valence electrons. The number of nitro groups is 1. The van der Waals surface area contributed by atoms with Gasteiger partial charge in [0.15, 0.2) is 0 Å². The van der Waals surface area contributed by atoms with Crippen molar-refractivity contribution in [2.45, 2.75) is 38.7 Å². The lowest BCUT2D eigenvalue weighted by Gasteiger charge is -2.25. The Hall–Kier alpha value is -1.62. The molecule has 0 aromatic heterocycles. The van der Waals surface area contributed by atoms with Crippen LogP contribution in [0.1, 0.15) is 31.2 Å². The van der Waals surface area contributed by atoms with Gasteiger partial charge in [0.25, 0.3) is 5.69 Å². The van der Waals surface area contributed by atoms with E-state index in [0.29, 0.717) is 11.5 Å². The highest BCUT2D eigenvalue weighted by molar-refractivity contribution is 5.54. The second-order valence-electron chi connectivity index (χ2n) is 5.31. The number of aliphatic hydroxyl groups is 1. The van der Waals surface area contributed by atoms with Crippen molar-refractivity contribution < 1.29 is 10.0 Å². The molecule has 0 amide bonds. The van der Waals surface area contributed by atoms with E-state index in [0.717, 1.165) is 37.9 Å². The van der Waals surface area contributed by atoms with Gasteiger partial charge in [-0.25, -0.2) is 0 Å². The van der Waals surface area contributed by atoms with Crippen LogP contribution in [0, 0.1) is 23.0 Å². The SMILES string of the molecule is Cc1ccc(NCC2CCC(O)CC2)cc1[N+](=O)[O-]. The van der Waals surface area contributed by atoms with Crippen LogP contribution in [0.15, 0.2) is 18.2 Å². The molecule has 1 aliphatic carbocycles. The first-order valence-electron chi connectivity index (χ1n) is 6.73. The smallest absolute Gasteiger partial charge is 0.274 e. The van der Waals surface area contributed by atoms with E-state index in [2.05, 4.69) is 5.32 Å². The second kappa shape index (κ2) is 6.02. The number of aryl methyl sites for hydroxylation is 1. The molecular weight excluding hydrogens is 244 g/mol. The standard InChI is InChI=1S/C14H20N2O3/c1-10-2-5-12(8-14(10)16(18)19)15-9-11-3-6-13(17)7-4-11/h2,5,8,11,13,15,17H,3-4,6-7,9H2,1H3. The fourth-order valence-corrected chi connectivity index (χ4v) is 2.53. The summed E-state index contributed by atoms with van der Waals surface area (Å²) in [4.78, 5) is 10.5. The maximum Gasteiger partial charge on any atom is 0.274 e. The number of hydrogen-bond donors (Lipinski definition) is 2. The lowest BCUT2D eigenvalue weighted by Crippen LogP contribution is -2.23. The lowest BCUT2D eigenvalue weighted by molar-refractivity contribution is -0.385. The third-order valence-electron chi connectivity index (χ3n) is 3.82. The van der Waals surface area contributed by atoms with Crippen molar-refractivity contribution in [3.63, 3.8) is 0 Å². The first-order chi connectivity index (χ1) is 9.06. The molecule has 2 rings (SSSR count). The highest BCUT2D eigenvalue weighted by atomic mass is 16.6. The number of anilines is 1. The fraction of sp³-hybridized carbons (Fsp3) is 0.571. The molecule has 1 aromatic carbocycles. The Morgan fingerprint density at radius 1 is 1.37 bits per heavy atom. The van der Waals surface area contributed by atoms with Crippen LogP contribution < -0.4 is 5.32 Å². The molecule has 0 unspecified atom stereocenters. The molecule has 0 radical (unpaired) electrons. The van der Waals surface area contributed by atoms with Gasteiger partial charge in [-0.15, -0.1) is 0 Å². The van der Waals surface area contributed by atoms with E-state index in [1.54, 1.807) is 19.1 Å². The van der Waals surface area contributed by atoms with Crippen LogP contribution in [0.2, 0.25) is 0 Å². The summed E-state index contributed by atoms with van der Waals surface area (Å²) in [6.07, 6.45) is 3.61. The van der Waals surface area contributed by atoms with Crippen molar-refractivity contribution in [2.24, 2.45) is 5.92 Å². The van der Waals surface area contributed by atoms with Gasteiger partial charge in [0.05, 0.1) is 11.0 Å². The molecule has 19 heavy (non-hydrogen) atoms. The molecule has 0 atom stereocenters. The Bertz CT molecular complexity index is 454. The van der Waals surface area contributed by atoms with E-state index < -0.39 is 0 Å². The Labute approximate surface area is 112 Å². The Morgan fingerprint density at radius 2 is 2.05 bits per heavy atom. The van der Waals surface area contributed by atoms with Crippen LogP contribution in [0.4, 0.5) is 11.4 Å². The first kappa shape index (κ1) is 13.8. The molecular formula is C14H20N2O3. The molecule has 1 saturated carbocycles. The first-order valence-corrected chi connectivity index (χ1v) is 6.73. The van der Waals surface area contributed by atoms with E-state index in [9.17, 15) is 15.2 Å². The molecule has 1 aliphatic rings. The number of benzene rings is 1. The number of nitrogens with one attached hydrogen (secondary N) is 1. The van der Waals surface area contributed by atoms with Gasteiger partial charge in [-0.05, 0) is 44.6 Å². The van der Waals surface area contributed by atoms with Gasteiger partial charge >= 0.3 is 0 Å². The quantitative estimate of drug-likeness (QED) is 0.647. The highest BCUT2D eigenvalue weighted by Gasteiger charge is 2.19. The van der Waals surface area contributed by atoms with E-state index >= 15 is 0 Å². The maximum absolute atomic E-state index is 10.9. The van der Waals surface area contributed by atoms with Crippen LogP contribution in [0.25, 0.3) is 0 Å². The van der Waals surface area contributed by atoms with Crippen LogP contribution in [0.5, 0.6) is 0 Å². The molecule has 5 heteroatoms. The van der Waals surface area contributed by atoms with Crippen LogP contribution >= 0.6 is 0 Å². The maximum atomic E-state index is 10.9. The Kier molecular flexibility index (Phi) is 4.37. The molecule has 1 fully saturated rings.